The number of rotatable bonds is 12. The van der Waals surface area contributed by atoms with Crippen molar-refractivity contribution in [2.24, 2.45) is 5.92 Å². The number of unbranched alkanes of at least 4 members (excludes halogenated alkanes) is 6. The molecule has 0 amide bonds. The fraction of sp³-hybridized carbons (Fsp3) is 0.667. The SMILES string of the molecule is O=C(O)CCCCCCCCCC1CCN(S(=O)(=O)c2ccccc2)CC1. The standard InChI is InChI=1S/C21H33NO4S/c23-21(24)14-10-5-3-1-2-4-7-11-19-15-17-22(18-16-19)27(25,26)20-12-8-6-9-13-20/h6,8-9,12-13,19H,1-5,7,10-11,14-18H2,(H,23,24). The number of hydrogen-bond donors (Lipinski definition) is 1. The van der Waals surface area contributed by atoms with Gasteiger partial charge in [-0.3, -0.25) is 4.79 Å². The van der Waals surface area contributed by atoms with Gasteiger partial charge < -0.3 is 5.11 Å². The number of aliphatic carboxylic acids is 1. The Morgan fingerprint density at radius 3 is 2.07 bits per heavy atom. The van der Waals surface area contributed by atoms with E-state index in [9.17, 15) is 13.2 Å². The average Bonchev–Trinajstić information content (AvgIpc) is 2.67. The van der Waals surface area contributed by atoms with Gasteiger partial charge in [-0.1, -0.05) is 63.1 Å². The number of piperidine rings is 1. The van der Waals surface area contributed by atoms with Gasteiger partial charge in [0.1, 0.15) is 0 Å². The fourth-order valence-electron chi connectivity index (χ4n) is 3.77. The van der Waals surface area contributed by atoms with Crippen LogP contribution in [-0.2, 0) is 14.8 Å². The molecule has 1 aliphatic heterocycles. The maximum absolute atomic E-state index is 12.6. The van der Waals surface area contributed by atoms with Crippen molar-refractivity contribution in [3.05, 3.63) is 30.3 Å². The summed E-state index contributed by atoms with van der Waals surface area (Å²) >= 11 is 0. The lowest BCUT2D eigenvalue weighted by Crippen LogP contribution is -2.38. The molecule has 0 bridgehead atoms. The molecule has 1 aromatic carbocycles. The number of carboxylic acid groups (broad SMARTS) is 1. The van der Waals surface area contributed by atoms with Gasteiger partial charge in [0.25, 0.3) is 0 Å². The molecule has 0 saturated carbocycles. The Labute approximate surface area is 163 Å². The lowest BCUT2D eigenvalue weighted by atomic mass is 9.92. The van der Waals surface area contributed by atoms with Gasteiger partial charge in [0.15, 0.2) is 0 Å². The zero-order chi connectivity index (χ0) is 19.5. The number of nitrogens with zero attached hydrogens (tertiary/aromatic N) is 1. The summed E-state index contributed by atoms with van der Waals surface area (Å²) in [6.45, 7) is 1.26. The van der Waals surface area contributed by atoms with Crippen molar-refractivity contribution in [2.45, 2.75) is 75.5 Å². The summed E-state index contributed by atoms with van der Waals surface area (Å²) in [6.07, 6.45) is 11.2. The first-order chi connectivity index (χ1) is 13.0. The van der Waals surface area contributed by atoms with E-state index in [4.69, 9.17) is 5.11 Å². The molecule has 152 valence electrons. The van der Waals surface area contributed by atoms with Crippen molar-refractivity contribution < 1.29 is 18.3 Å². The molecular weight excluding hydrogens is 362 g/mol. The van der Waals surface area contributed by atoms with Crippen LogP contribution in [0.25, 0.3) is 0 Å². The van der Waals surface area contributed by atoms with E-state index in [0.29, 0.717) is 30.3 Å². The summed E-state index contributed by atoms with van der Waals surface area (Å²) in [5.41, 5.74) is 0. The van der Waals surface area contributed by atoms with Crippen molar-refractivity contribution in [3.63, 3.8) is 0 Å². The van der Waals surface area contributed by atoms with Gasteiger partial charge in [0.2, 0.25) is 10.0 Å². The number of carboxylic acids is 1. The molecule has 1 saturated heterocycles. The number of carbonyl (C=O) groups is 1. The van der Waals surface area contributed by atoms with E-state index in [1.54, 1.807) is 28.6 Å². The van der Waals surface area contributed by atoms with Crippen molar-refractivity contribution in [2.75, 3.05) is 13.1 Å². The minimum Gasteiger partial charge on any atom is -0.481 e. The summed E-state index contributed by atoms with van der Waals surface area (Å²) in [5.74, 6) is -0.0552. The molecule has 2 rings (SSSR count). The third-order valence-corrected chi connectivity index (χ3v) is 7.37. The molecule has 0 aliphatic carbocycles. The predicted octanol–water partition coefficient (Wildman–Crippen LogP) is 4.68. The zero-order valence-electron chi connectivity index (χ0n) is 16.2. The first kappa shape index (κ1) is 21.9. The molecule has 0 radical (unpaired) electrons. The van der Waals surface area contributed by atoms with Crippen LogP contribution in [0.3, 0.4) is 0 Å². The van der Waals surface area contributed by atoms with Crippen molar-refractivity contribution in [1.82, 2.24) is 4.31 Å². The van der Waals surface area contributed by atoms with E-state index in [2.05, 4.69) is 0 Å². The maximum Gasteiger partial charge on any atom is 0.303 e. The van der Waals surface area contributed by atoms with Gasteiger partial charge in [-0.2, -0.15) is 4.31 Å². The van der Waals surface area contributed by atoms with E-state index in [0.717, 1.165) is 32.1 Å². The number of hydrogen-bond acceptors (Lipinski definition) is 3. The summed E-state index contributed by atoms with van der Waals surface area (Å²) in [7, 11) is -3.33. The lowest BCUT2D eigenvalue weighted by Gasteiger charge is -2.31. The largest absolute Gasteiger partial charge is 0.481 e. The monoisotopic (exact) mass is 395 g/mol. The molecule has 6 heteroatoms. The van der Waals surface area contributed by atoms with Gasteiger partial charge in [0.05, 0.1) is 4.90 Å². The normalized spacial score (nSPS) is 16.4. The highest BCUT2D eigenvalue weighted by Crippen LogP contribution is 2.27. The van der Waals surface area contributed by atoms with Gasteiger partial charge >= 0.3 is 5.97 Å². The first-order valence-corrected chi connectivity index (χ1v) is 11.7. The number of sulfonamides is 1. The Balaban J connectivity index is 1.56. The molecule has 0 aromatic heterocycles. The summed E-state index contributed by atoms with van der Waals surface area (Å²) in [6, 6.07) is 8.71. The van der Waals surface area contributed by atoms with Crippen LogP contribution in [0.1, 0.15) is 70.6 Å². The van der Waals surface area contributed by atoms with Crippen molar-refractivity contribution in [3.8, 4) is 0 Å². The van der Waals surface area contributed by atoms with Crippen LogP contribution in [-0.4, -0.2) is 36.9 Å². The van der Waals surface area contributed by atoms with E-state index >= 15 is 0 Å². The second kappa shape index (κ2) is 11.4. The summed E-state index contributed by atoms with van der Waals surface area (Å²) in [5, 5.41) is 8.59. The van der Waals surface area contributed by atoms with Crippen LogP contribution in [0.5, 0.6) is 0 Å². The van der Waals surface area contributed by atoms with E-state index in [1.807, 2.05) is 6.07 Å². The van der Waals surface area contributed by atoms with Crippen molar-refractivity contribution in [1.29, 1.82) is 0 Å². The van der Waals surface area contributed by atoms with Gasteiger partial charge in [-0.05, 0) is 37.3 Å². The van der Waals surface area contributed by atoms with Gasteiger partial charge in [-0.15, -0.1) is 0 Å². The smallest absolute Gasteiger partial charge is 0.303 e. The lowest BCUT2D eigenvalue weighted by molar-refractivity contribution is -0.137. The Hall–Kier alpha value is -1.40. The maximum atomic E-state index is 12.6. The molecule has 1 heterocycles. The third kappa shape index (κ3) is 7.62. The second-order valence-corrected chi connectivity index (χ2v) is 9.51. The topological polar surface area (TPSA) is 74.7 Å². The molecule has 1 aromatic rings. The average molecular weight is 396 g/mol. The van der Waals surface area contributed by atoms with Crippen LogP contribution in [0.4, 0.5) is 0 Å². The number of benzene rings is 1. The first-order valence-electron chi connectivity index (χ1n) is 10.3. The van der Waals surface area contributed by atoms with E-state index in [1.165, 1.54) is 32.1 Å². The molecule has 1 N–H and O–H groups in total. The fourth-order valence-corrected chi connectivity index (χ4v) is 5.26. The molecule has 0 spiro atoms. The molecule has 1 fully saturated rings. The molecule has 5 nitrogen and oxygen atoms in total. The van der Waals surface area contributed by atoms with Crippen LogP contribution >= 0.6 is 0 Å². The minimum absolute atomic E-state index is 0.290. The molecule has 0 unspecified atom stereocenters. The van der Waals surface area contributed by atoms with Crippen LogP contribution < -0.4 is 0 Å². The van der Waals surface area contributed by atoms with Gasteiger partial charge in [-0.25, -0.2) is 8.42 Å². The molecule has 27 heavy (non-hydrogen) atoms. The minimum atomic E-state index is -3.33. The highest BCUT2D eigenvalue weighted by molar-refractivity contribution is 7.89. The zero-order valence-corrected chi connectivity index (χ0v) is 17.0. The quantitative estimate of drug-likeness (QED) is 0.521. The van der Waals surface area contributed by atoms with Crippen LogP contribution in [0.15, 0.2) is 35.2 Å². The summed E-state index contributed by atoms with van der Waals surface area (Å²) in [4.78, 5) is 10.8. The summed E-state index contributed by atoms with van der Waals surface area (Å²) < 4.78 is 26.9. The second-order valence-electron chi connectivity index (χ2n) is 7.57. The van der Waals surface area contributed by atoms with Crippen LogP contribution in [0.2, 0.25) is 0 Å². The van der Waals surface area contributed by atoms with Gasteiger partial charge in [0, 0.05) is 19.5 Å². The molecule has 0 atom stereocenters. The Bertz CT molecular complexity index is 652. The van der Waals surface area contributed by atoms with E-state index < -0.39 is 16.0 Å². The molecular formula is C21H33NO4S. The Morgan fingerprint density at radius 2 is 1.48 bits per heavy atom. The Kier molecular flexibility index (Phi) is 9.28. The highest BCUT2D eigenvalue weighted by atomic mass is 32.2. The highest BCUT2D eigenvalue weighted by Gasteiger charge is 2.28. The van der Waals surface area contributed by atoms with Crippen molar-refractivity contribution >= 4 is 16.0 Å². The van der Waals surface area contributed by atoms with E-state index in [-0.39, 0.29) is 0 Å². The third-order valence-electron chi connectivity index (χ3n) is 5.46. The Morgan fingerprint density at radius 1 is 0.926 bits per heavy atom. The predicted molar refractivity (Wildman–Crippen MR) is 107 cm³/mol. The van der Waals surface area contributed by atoms with Crippen LogP contribution in [0, 0.1) is 5.92 Å². The molecule has 1 aliphatic rings.